The number of halogens is 1. The molecule has 7 heteroatoms. The van der Waals surface area contributed by atoms with Crippen molar-refractivity contribution in [3.05, 3.63) is 50.7 Å². The number of rotatable bonds is 6. The second kappa shape index (κ2) is 7.35. The van der Waals surface area contributed by atoms with Gasteiger partial charge in [0.1, 0.15) is 16.8 Å². The Morgan fingerprint density at radius 3 is 3.00 bits per heavy atom. The number of hydrogen-bond acceptors (Lipinski definition) is 4. The van der Waals surface area contributed by atoms with Crippen molar-refractivity contribution in [1.82, 2.24) is 14.5 Å². The predicted octanol–water partition coefficient (Wildman–Crippen LogP) is 2.86. The van der Waals surface area contributed by atoms with Crippen LogP contribution in [0.2, 0.25) is 0 Å². The molecule has 3 aromatic rings. The number of aliphatic hydroxyl groups excluding tert-OH is 1. The van der Waals surface area contributed by atoms with Gasteiger partial charge in [0.25, 0.3) is 5.56 Å². The number of nitrogens with one attached hydrogen (secondary N) is 1. The first-order valence-electron chi connectivity index (χ1n) is 7.72. The van der Waals surface area contributed by atoms with Crippen molar-refractivity contribution >= 4 is 33.6 Å². The standard InChI is InChI=1S/C17H18IN3O3/c1-11(22)5-4-8-24-14-7-3-2-6-13(14)21-9-12(18)15-16(21)17(23)20-10-19-15/h2-3,6-7,9-11,22H,4-5,8H2,1H3,(H,19,20,23). The molecule has 0 aliphatic carbocycles. The Kier molecular flexibility index (Phi) is 5.20. The maximum Gasteiger partial charge on any atom is 0.275 e. The molecule has 0 saturated heterocycles. The van der Waals surface area contributed by atoms with Crippen molar-refractivity contribution in [2.75, 3.05) is 6.61 Å². The number of nitrogens with zero attached hydrogens (tertiary/aromatic N) is 2. The van der Waals surface area contributed by atoms with Gasteiger partial charge in [-0.3, -0.25) is 4.79 Å². The molecular weight excluding hydrogens is 421 g/mol. The minimum absolute atomic E-state index is 0.188. The highest BCUT2D eigenvalue weighted by atomic mass is 127. The van der Waals surface area contributed by atoms with Gasteiger partial charge in [-0.25, -0.2) is 4.98 Å². The fourth-order valence-corrected chi connectivity index (χ4v) is 3.23. The molecule has 0 fully saturated rings. The van der Waals surface area contributed by atoms with E-state index in [-0.39, 0.29) is 11.7 Å². The number of ether oxygens (including phenoxy) is 1. The molecule has 0 aliphatic rings. The van der Waals surface area contributed by atoms with Crippen molar-refractivity contribution in [1.29, 1.82) is 0 Å². The Morgan fingerprint density at radius 1 is 1.42 bits per heavy atom. The average molecular weight is 439 g/mol. The van der Waals surface area contributed by atoms with E-state index in [0.717, 1.165) is 15.7 Å². The third-order valence-electron chi connectivity index (χ3n) is 3.69. The lowest BCUT2D eigenvalue weighted by atomic mass is 10.2. The molecule has 6 nitrogen and oxygen atoms in total. The molecule has 0 saturated carbocycles. The van der Waals surface area contributed by atoms with E-state index in [2.05, 4.69) is 32.6 Å². The van der Waals surface area contributed by atoms with E-state index >= 15 is 0 Å². The van der Waals surface area contributed by atoms with Gasteiger partial charge in [0.15, 0.2) is 0 Å². The fraction of sp³-hybridized carbons (Fsp3) is 0.294. The largest absolute Gasteiger partial charge is 0.491 e. The highest BCUT2D eigenvalue weighted by Gasteiger charge is 2.15. The van der Waals surface area contributed by atoms with E-state index in [4.69, 9.17) is 4.74 Å². The highest BCUT2D eigenvalue weighted by molar-refractivity contribution is 14.1. The Bertz CT molecular complexity index is 901. The zero-order valence-electron chi connectivity index (χ0n) is 13.2. The second-order valence-corrected chi connectivity index (χ2v) is 6.75. The van der Waals surface area contributed by atoms with Crippen molar-refractivity contribution in [2.45, 2.75) is 25.9 Å². The van der Waals surface area contributed by atoms with E-state index in [0.29, 0.717) is 29.8 Å². The third kappa shape index (κ3) is 3.46. The number of aromatic nitrogens is 3. The van der Waals surface area contributed by atoms with Crippen LogP contribution >= 0.6 is 22.6 Å². The molecule has 0 spiro atoms. The highest BCUT2D eigenvalue weighted by Crippen LogP contribution is 2.28. The molecule has 24 heavy (non-hydrogen) atoms. The SMILES string of the molecule is CC(O)CCCOc1ccccc1-n1cc(I)c2nc[nH]c(=O)c21. The summed E-state index contributed by atoms with van der Waals surface area (Å²) in [4.78, 5) is 19.1. The van der Waals surface area contributed by atoms with Crippen molar-refractivity contribution in [3.8, 4) is 11.4 Å². The maximum absolute atomic E-state index is 12.2. The summed E-state index contributed by atoms with van der Waals surface area (Å²) >= 11 is 2.17. The Balaban J connectivity index is 1.97. The van der Waals surface area contributed by atoms with Gasteiger partial charge in [0, 0.05) is 6.20 Å². The van der Waals surface area contributed by atoms with Crippen LogP contribution in [0.1, 0.15) is 19.8 Å². The van der Waals surface area contributed by atoms with Crippen LogP contribution in [0.25, 0.3) is 16.7 Å². The first-order chi connectivity index (χ1) is 11.6. The van der Waals surface area contributed by atoms with Gasteiger partial charge < -0.3 is 19.4 Å². The molecule has 0 radical (unpaired) electrons. The summed E-state index contributed by atoms with van der Waals surface area (Å²) in [5, 5.41) is 9.33. The number of H-pyrrole nitrogens is 1. The smallest absolute Gasteiger partial charge is 0.275 e. The van der Waals surface area contributed by atoms with Gasteiger partial charge in [-0.15, -0.1) is 0 Å². The van der Waals surface area contributed by atoms with E-state index in [9.17, 15) is 9.90 Å². The normalized spacial score (nSPS) is 12.5. The Labute approximate surface area is 152 Å². The monoisotopic (exact) mass is 439 g/mol. The van der Waals surface area contributed by atoms with Crippen LogP contribution in [-0.4, -0.2) is 32.4 Å². The van der Waals surface area contributed by atoms with E-state index in [1.165, 1.54) is 6.33 Å². The molecule has 0 bridgehead atoms. The third-order valence-corrected chi connectivity index (χ3v) is 4.48. The molecule has 1 atom stereocenters. The quantitative estimate of drug-likeness (QED) is 0.458. The topological polar surface area (TPSA) is 80.1 Å². The van der Waals surface area contributed by atoms with Crippen molar-refractivity contribution in [3.63, 3.8) is 0 Å². The first-order valence-corrected chi connectivity index (χ1v) is 8.80. The van der Waals surface area contributed by atoms with Crippen LogP contribution in [0.4, 0.5) is 0 Å². The van der Waals surface area contributed by atoms with Gasteiger partial charge >= 0.3 is 0 Å². The van der Waals surface area contributed by atoms with Crippen LogP contribution in [0, 0.1) is 3.57 Å². The molecule has 0 amide bonds. The molecule has 1 unspecified atom stereocenters. The summed E-state index contributed by atoms with van der Waals surface area (Å²) in [6, 6.07) is 7.58. The summed E-state index contributed by atoms with van der Waals surface area (Å²) in [5.74, 6) is 0.694. The summed E-state index contributed by atoms with van der Waals surface area (Å²) < 4.78 is 8.59. The summed E-state index contributed by atoms with van der Waals surface area (Å²) in [6.07, 6.45) is 4.42. The Hall–Kier alpha value is -1.87. The predicted molar refractivity (Wildman–Crippen MR) is 101 cm³/mol. The van der Waals surface area contributed by atoms with Crippen LogP contribution in [0.15, 0.2) is 41.6 Å². The summed E-state index contributed by atoms with van der Waals surface area (Å²) in [7, 11) is 0. The number of hydrogen-bond donors (Lipinski definition) is 2. The van der Waals surface area contributed by atoms with Crippen LogP contribution < -0.4 is 10.3 Å². The molecular formula is C17H18IN3O3. The van der Waals surface area contributed by atoms with Crippen LogP contribution in [0.3, 0.4) is 0 Å². The van der Waals surface area contributed by atoms with Gasteiger partial charge in [0.05, 0.1) is 28.3 Å². The first kappa shape index (κ1) is 17.0. The minimum Gasteiger partial charge on any atom is -0.491 e. The minimum atomic E-state index is -0.330. The molecule has 2 heterocycles. The number of para-hydroxylation sites is 2. The van der Waals surface area contributed by atoms with E-state index < -0.39 is 0 Å². The van der Waals surface area contributed by atoms with E-state index in [1.54, 1.807) is 6.92 Å². The van der Waals surface area contributed by atoms with E-state index in [1.807, 2.05) is 35.0 Å². The fourth-order valence-electron chi connectivity index (χ4n) is 2.56. The zero-order chi connectivity index (χ0) is 17.1. The maximum atomic E-state index is 12.2. The van der Waals surface area contributed by atoms with Crippen molar-refractivity contribution < 1.29 is 9.84 Å². The van der Waals surface area contributed by atoms with Crippen molar-refractivity contribution in [2.24, 2.45) is 0 Å². The number of aromatic amines is 1. The summed E-state index contributed by atoms with van der Waals surface area (Å²) in [5.41, 5.74) is 1.78. The number of benzene rings is 1. The molecule has 2 N–H and O–H groups in total. The summed E-state index contributed by atoms with van der Waals surface area (Å²) in [6.45, 7) is 2.27. The number of aliphatic hydroxyl groups is 1. The lowest BCUT2D eigenvalue weighted by Gasteiger charge is -2.13. The molecule has 1 aromatic carbocycles. The molecule has 0 aliphatic heterocycles. The molecule has 2 aromatic heterocycles. The number of fused-ring (bicyclic) bond motifs is 1. The lowest BCUT2D eigenvalue weighted by molar-refractivity contribution is 0.170. The van der Waals surface area contributed by atoms with Gasteiger partial charge in [0.2, 0.25) is 0 Å². The Morgan fingerprint density at radius 2 is 2.21 bits per heavy atom. The molecule has 3 rings (SSSR count). The average Bonchev–Trinajstić information content (AvgIpc) is 2.90. The lowest BCUT2D eigenvalue weighted by Crippen LogP contribution is -2.11. The molecule has 126 valence electrons. The van der Waals surface area contributed by atoms with Crippen LogP contribution in [-0.2, 0) is 0 Å². The second-order valence-electron chi connectivity index (χ2n) is 5.58. The van der Waals surface area contributed by atoms with Gasteiger partial charge in [-0.2, -0.15) is 0 Å². The van der Waals surface area contributed by atoms with Gasteiger partial charge in [-0.05, 0) is 54.5 Å². The van der Waals surface area contributed by atoms with Crippen LogP contribution in [0.5, 0.6) is 5.75 Å². The van der Waals surface area contributed by atoms with Gasteiger partial charge in [-0.1, -0.05) is 12.1 Å². The zero-order valence-corrected chi connectivity index (χ0v) is 15.4.